The Morgan fingerprint density at radius 2 is 1.76 bits per heavy atom. The minimum Gasteiger partial charge on any atom is -0.378 e. The lowest BCUT2D eigenvalue weighted by atomic mass is 9.97. The van der Waals surface area contributed by atoms with Crippen LogP contribution in [0.4, 0.5) is 5.69 Å². The smallest absolute Gasteiger partial charge is 0.100 e. The van der Waals surface area contributed by atoms with Gasteiger partial charge in [0.2, 0.25) is 0 Å². The van der Waals surface area contributed by atoms with E-state index in [-0.39, 0.29) is 0 Å². The van der Waals surface area contributed by atoms with Crippen LogP contribution in [-0.2, 0) is 6.54 Å². The van der Waals surface area contributed by atoms with Crippen LogP contribution < -0.4 is 10.6 Å². The van der Waals surface area contributed by atoms with Crippen molar-refractivity contribution in [3.05, 3.63) is 35.7 Å². The van der Waals surface area contributed by atoms with Gasteiger partial charge < -0.3 is 10.6 Å². The van der Waals surface area contributed by atoms with E-state index in [1.54, 1.807) is 0 Å². The Hall–Kier alpha value is -1.88. The Morgan fingerprint density at radius 1 is 1.14 bits per heavy atom. The molecule has 0 aliphatic carbocycles. The van der Waals surface area contributed by atoms with Gasteiger partial charge in [-0.3, -0.25) is 0 Å². The molecule has 0 saturated heterocycles. The number of benzene rings is 1. The lowest BCUT2D eigenvalue weighted by Crippen LogP contribution is -2.11. The SMILES string of the molecule is CCC(CC)c1c(CN)nnn1-c1ccc(N(C)C)cc1. The molecule has 0 unspecified atom stereocenters. The maximum Gasteiger partial charge on any atom is 0.100 e. The summed E-state index contributed by atoms with van der Waals surface area (Å²) in [7, 11) is 4.07. The van der Waals surface area contributed by atoms with Crippen LogP contribution >= 0.6 is 0 Å². The molecule has 114 valence electrons. The van der Waals surface area contributed by atoms with Crippen molar-refractivity contribution in [2.75, 3.05) is 19.0 Å². The lowest BCUT2D eigenvalue weighted by molar-refractivity contribution is 0.590. The highest BCUT2D eigenvalue weighted by Crippen LogP contribution is 2.27. The van der Waals surface area contributed by atoms with Crippen LogP contribution in [0, 0.1) is 0 Å². The maximum atomic E-state index is 5.83. The van der Waals surface area contributed by atoms with Crippen molar-refractivity contribution in [3.63, 3.8) is 0 Å². The van der Waals surface area contributed by atoms with E-state index >= 15 is 0 Å². The minimum absolute atomic E-state index is 0.432. The summed E-state index contributed by atoms with van der Waals surface area (Å²) in [6.45, 7) is 4.82. The second-order valence-corrected chi connectivity index (χ2v) is 5.46. The number of nitrogens with zero attached hydrogens (tertiary/aromatic N) is 4. The monoisotopic (exact) mass is 287 g/mol. The van der Waals surface area contributed by atoms with Crippen LogP contribution in [0.3, 0.4) is 0 Å². The highest BCUT2D eigenvalue weighted by Gasteiger charge is 2.20. The molecular formula is C16H25N5. The summed E-state index contributed by atoms with van der Waals surface area (Å²) in [6, 6.07) is 8.35. The van der Waals surface area contributed by atoms with Gasteiger partial charge in [0.05, 0.1) is 11.4 Å². The third-order valence-electron chi connectivity index (χ3n) is 3.96. The normalized spacial score (nSPS) is 11.1. The topological polar surface area (TPSA) is 60.0 Å². The van der Waals surface area contributed by atoms with E-state index in [2.05, 4.69) is 53.3 Å². The summed E-state index contributed by atoms with van der Waals surface area (Å²) in [5.74, 6) is 0.437. The van der Waals surface area contributed by atoms with E-state index in [9.17, 15) is 0 Å². The summed E-state index contributed by atoms with van der Waals surface area (Å²) in [5.41, 5.74) is 10.1. The highest BCUT2D eigenvalue weighted by molar-refractivity contribution is 5.50. The van der Waals surface area contributed by atoms with E-state index in [4.69, 9.17) is 5.73 Å². The first-order chi connectivity index (χ1) is 10.1. The summed E-state index contributed by atoms with van der Waals surface area (Å²) < 4.78 is 1.94. The standard InChI is InChI=1S/C16H25N5/c1-5-12(6-2)16-15(11-17)18-19-21(16)14-9-7-13(8-10-14)20(3)4/h7-10,12H,5-6,11,17H2,1-4H3. The van der Waals surface area contributed by atoms with Gasteiger partial charge in [-0.1, -0.05) is 19.1 Å². The van der Waals surface area contributed by atoms with Gasteiger partial charge in [-0.25, -0.2) is 4.68 Å². The number of hydrogen-bond acceptors (Lipinski definition) is 4. The average molecular weight is 287 g/mol. The summed E-state index contributed by atoms with van der Waals surface area (Å²) in [6.07, 6.45) is 2.12. The Bertz CT molecular complexity index is 567. The predicted molar refractivity (Wildman–Crippen MR) is 86.9 cm³/mol. The van der Waals surface area contributed by atoms with Crippen molar-refractivity contribution in [1.82, 2.24) is 15.0 Å². The van der Waals surface area contributed by atoms with Crippen LogP contribution in [-0.4, -0.2) is 29.1 Å². The fraction of sp³-hybridized carbons (Fsp3) is 0.500. The van der Waals surface area contributed by atoms with Gasteiger partial charge in [0.15, 0.2) is 0 Å². The molecule has 1 aromatic carbocycles. The van der Waals surface area contributed by atoms with Crippen LogP contribution in [0.1, 0.15) is 44.0 Å². The molecule has 2 rings (SSSR count). The molecule has 0 saturated carbocycles. The fourth-order valence-corrected chi connectivity index (χ4v) is 2.63. The lowest BCUT2D eigenvalue weighted by Gasteiger charge is -2.17. The molecule has 0 aliphatic rings. The van der Waals surface area contributed by atoms with Crippen molar-refractivity contribution in [2.45, 2.75) is 39.2 Å². The largest absolute Gasteiger partial charge is 0.378 e. The molecule has 0 spiro atoms. The van der Waals surface area contributed by atoms with Crippen LogP contribution in [0.5, 0.6) is 0 Å². The van der Waals surface area contributed by atoms with Gasteiger partial charge in [-0.2, -0.15) is 0 Å². The van der Waals surface area contributed by atoms with Crippen LogP contribution in [0.25, 0.3) is 5.69 Å². The van der Waals surface area contributed by atoms with Crippen molar-refractivity contribution in [3.8, 4) is 5.69 Å². The molecule has 0 atom stereocenters. The van der Waals surface area contributed by atoms with Crippen molar-refractivity contribution >= 4 is 5.69 Å². The first-order valence-corrected chi connectivity index (χ1v) is 7.54. The molecule has 0 bridgehead atoms. The van der Waals surface area contributed by atoms with E-state index in [1.807, 2.05) is 18.8 Å². The first-order valence-electron chi connectivity index (χ1n) is 7.54. The van der Waals surface area contributed by atoms with E-state index < -0.39 is 0 Å². The Balaban J connectivity index is 2.46. The van der Waals surface area contributed by atoms with Gasteiger partial charge in [0.1, 0.15) is 5.69 Å². The Morgan fingerprint density at radius 3 is 2.24 bits per heavy atom. The first kappa shape index (κ1) is 15.5. The molecule has 0 aliphatic heterocycles. The van der Waals surface area contributed by atoms with Crippen LogP contribution in [0.15, 0.2) is 24.3 Å². The molecule has 2 N–H and O–H groups in total. The molecule has 1 heterocycles. The molecule has 5 heteroatoms. The van der Waals surface area contributed by atoms with Crippen molar-refractivity contribution < 1.29 is 0 Å². The summed E-state index contributed by atoms with van der Waals surface area (Å²) in [5, 5.41) is 8.58. The van der Waals surface area contributed by atoms with Crippen molar-refractivity contribution in [2.24, 2.45) is 5.73 Å². The zero-order valence-corrected chi connectivity index (χ0v) is 13.4. The molecule has 0 radical (unpaired) electrons. The molecule has 5 nitrogen and oxygen atoms in total. The highest BCUT2D eigenvalue weighted by atomic mass is 15.4. The molecule has 2 aromatic rings. The van der Waals surface area contributed by atoms with Gasteiger partial charge in [0, 0.05) is 32.2 Å². The zero-order valence-electron chi connectivity index (χ0n) is 13.4. The Kier molecular flexibility index (Phi) is 4.96. The maximum absolute atomic E-state index is 5.83. The van der Waals surface area contributed by atoms with E-state index in [1.165, 1.54) is 5.69 Å². The second kappa shape index (κ2) is 6.72. The predicted octanol–water partition coefficient (Wildman–Crippen LogP) is 2.70. The number of aromatic nitrogens is 3. The van der Waals surface area contributed by atoms with Crippen molar-refractivity contribution in [1.29, 1.82) is 0 Å². The van der Waals surface area contributed by atoms with E-state index in [0.29, 0.717) is 12.5 Å². The molecule has 0 amide bonds. The second-order valence-electron chi connectivity index (χ2n) is 5.46. The molecular weight excluding hydrogens is 262 g/mol. The summed E-state index contributed by atoms with van der Waals surface area (Å²) in [4.78, 5) is 2.08. The molecule has 21 heavy (non-hydrogen) atoms. The van der Waals surface area contributed by atoms with Gasteiger partial charge in [-0.15, -0.1) is 5.10 Å². The average Bonchev–Trinajstić information content (AvgIpc) is 2.92. The van der Waals surface area contributed by atoms with Crippen LogP contribution in [0.2, 0.25) is 0 Å². The fourth-order valence-electron chi connectivity index (χ4n) is 2.63. The molecule has 1 aromatic heterocycles. The van der Waals surface area contributed by atoms with Gasteiger partial charge in [-0.05, 0) is 37.1 Å². The molecule has 0 fully saturated rings. The quantitative estimate of drug-likeness (QED) is 0.887. The number of rotatable bonds is 6. The van der Waals surface area contributed by atoms with Gasteiger partial charge >= 0.3 is 0 Å². The summed E-state index contributed by atoms with van der Waals surface area (Å²) >= 11 is 0. The number of hydrogen-bond donors (Lipinski definition) is 1. The zero-order chi connectivity index (χ0) is 15.4. The number of nitrogens with two attached hydrogens (primary N) is 1. The minimum atomic E-state index is 0.432. The van der Waals surface area contributed by atoms with Gasteiger partial charge in [0.25, 0.3) is 0 Å². The third kappa shape index (κ3) is 3.08. The third-order valence-corrected chi connectivity index (χ3v) is 3.96. The number of anilines is 1. The van der Waals surface area contributed by atoms with E-state index in [0.717, 1.165) is 29.9 Å². The Labute approximate surface area is 126 Å².